The topological polar surface area (TPSA) is 9.23 Å². The van der Waals surface area contributed by atoms with E-state index in [1.165, 1.54) is 19.3 Å². The Labute approximate surface area is 96.2 Å². The Balaban J connectivity index is 4.14. The Bertz CT molecular complexity index is 162. The predicted octanol–water partition coefficient (Wildman–Crippen LogP) is 3.42. The molecule has 0 N–H and O–H groups in total. The van der Waals surface area contributed by atoms with E-state index in [2.05, 4.69) is 41.7 Å². The van der Waals surface area contributed by atoms with Gasteiger partial charge in [-0.05, 0) is 20.3 Å². The third kappa shape index (κ3) is 4.12. The van der Waals surface area contributed by atoms with E-state index < -0.39 is 0 Å². The molecule has 0 aromatic heterocycles. The molecule has 2 nitrogen and oxygen atoms in total. The maximum atomic E-state index is 6.05. The van der Waals surface area contributed by atoms with Crippen molar-refractivity contribution in [2.24, 2.45) is 0 Å². The van der Waals surface area contributed by atoms with Crippen LogP contribution in [0.15, 0.2) is 0 Å². The first kappa shape index (κ1) is 14.9. The minimum atomic E-state index is -0.0583. The molecule has 2 heteroatoms. The van der Waals surface area contributed by atoms with E-state index >= 15 is 0 Å². The first-order valence-corrected chi connectivity index (χ1v) is 6.42. The first-order valence-electron chi connectivity index (χ1n) is 6.42. The van der Waals surface area contributed by atoms with E-state index in [9.17, 15) is 0 Å². The molecule has 0 unspecified atom stereocenters. The lowest BCUT2D eigenvalue weighted by Crippen LogP contribution is -2.60. The van der Waals surface area contributed by atoms with Gasteiger partial charge in [0.25, 0.3) is 0 Å². The number of hydrogen-bond donors (Lipinski definition) is 0. The standard InChI is InChI=1S/C13H30NO/c1-7-10-11-12-15-13(4,5)14(6,8-2)9-3/h7-12H2,1-6H3/q+1. The summed E-state index contributed by atoms with van der Waals surface area (Å²) in [5, 5.41) is 0. The molecule has 92 valence electrons. The summed E-state index contributed by atoms with van der Waals surface area (Å²) < 4.78 is 7.04. The highest BCUT2D eigenvalue weighted by atomic mass is 16.5. The maximum Gasteiger partial charge on any atom is 0.197 e. The van der Waals surface area contributed by atoms with Crippen molar-refractivity contribution in [3.05, 3.63) is 0 Å². The summed E-state index contributed by atoms with van der Waals surface area (Å²) in [4.78, 5) is 0. The summed E-state index contributed by atoms with van der Waals surface area (Å²) in [6, 6.07) is 0. The SMILES string of the molecule is CCCCCOC(C)(C)[N+](C)(CC)CC. The van der Waals surface area contributed by atoms with Crippen molar-refractivity contribution in [3.63, 3.8) is 0 Å². The monoisotopic (exact) mass is 216 g/mol. The van der Waals surface area contributed by atoms with Crippen LogP contribution in [0.3, 0.4) is 0 Å². The van der Waals surface area contributed by atoms with Crippen molar-refractivity contribution >= 4 is 0 Å². The van der Waals surface area contributed by atoms with Gasteiger partial charge in [-0.25, -0.2) is 0 Å². The van der Waals surface area contributed by atoms with Gasteiger partial charge in [0.2, 0.25) is 0 Å². The van der Waals surface area contributed by atoms with Crippen LogP contribution >= 0.6 is 0 Å². The fraction of sp³-hybridized carbons (Fsp3) is 1.00. The first-order chi connectivity index (χ1) is 6.93. The number of rotatable bonds is 8. The zero-order chi connectivity index (χ0) is 11.9. The predicted molar refractivity (Wildman–Crippen MR) is 66.8 cm³/mol. The molecule has 0 aliphatic carbocycles. The summed E-state index contributed by atoms with van der Waals surface area (Å²) in [6.07, 6.45) is 3.73. The molecular weight excluding hydrogens is 186 g/mol. The van der Waals surface area contributed by atoms with Crippen molar-refractivity contribution in [1.82, 2.24) is 0 Å². The van der Waals surface area contributed by atoms with Gasteiger partial charge in [0.1, 0.15) is 0 Å². The summed E-state index contributed by atoms with van der Waals surface area (Å²) in [7, 11) is 2.28. The van der Waals surface area contributed by atoms with Gasteiger partial charge in [-0.3, -0.25) is 4.48 Å². The summed E-state index contributed by atoms with van der Waals surface area (Å²) in [6.45, 7) is 14.3. The Hall–Kier alpha value is -0.0800. The Kier molecular flexibility index (Phi) is 6.46. The Morgan fingerprint density at radius 2 is 1.53 bits per heavy atom. The van der Waals surface area contributed by atoms with E-state index in [0.717, 1.165) is 24.2 Å². The fourth-order valence-corrected chi connectivity index (χ4v) is 1.81. The van der Waals surface area contributed by atoms with Crippen LogP contribution in [0.1, 0.15) is 53.9 Å². The highest BCUT2D eigenvalue weighted by molar-refractivity contribution is 4.56. The van der Waals surface area contributed by atoms with Gasteiger partial charge in [0.05, 0.1) is 26.7 Å². The molecule has 0 rings (SSSR count). The van der Waals surface area contributed by atoms with Gasteiger partial charge in [-0.15, -0.1) is 0 Å². The van der Waals surface area contributed by atoms with Crippen molar-refractivity contribution in [2.75, 3.05) is 26.7 Å². The molecule has 0 radical (unpaired) electrons. The molecule has 0 heterocycles. The minimum absolute atomic E-state index is 0.0583. The number of nitrogens with zero attached hydrogens (tertiary/aromatic N) is 1. The molecule has 0 bridgehead atoms. The number of hydrogen-bond acceptors (Lipinski definition) is 1. The lowest BCUT2D eigenvalue weighted by atomic mass is 10.2. The molecule has 0 saturated carbocycles. The normalized spacial score (nSPS) is 13.2. The van der Waals surface area contributed by atoms with Crippen LogP contribution in [0.2, 0.25) is 0 Å². The summed E-state index contributed by atoms with van der Waals surface area (Å²) in [5.41, 5.74) is -0.0583. The van der Waals surface area contributed by atoms with Gasteiger partial charge in [-0.1, -0.05) is 19.8 Å². The highest BCUT2D eigenvalue weighted by Gasteiger charge is 2.38. The maximum absolute atomic E-state index is 6.05. The molecule has 0 aromatic carbocycles. The van der Waals surface area contributed by atoms with Crippen LogP contribution in [0.5, 0.6) is 0 Å². The third-order valence-electron chi connectivity index (χ3n) is 3.90. The smallest absolute Gasteiger partial charge is 0.197 e. The zero-order valence-electron chi connectivity index (χ0n) is 11.6. The van der Waals surface area contributed by atoms with Gasteiger partial charge >= 0.3 is 0 Å². The van der Waals surface area contributed by atoms with Crippen LogP contribution in [0.4, 0.5) is 0 Å². The van der Waals surface area contributed by atoms with Crippen molar-refractivity contribution < 1.29 is 9.22 Å². The molecule has 0 aliphatic heterocycles. The lowest BCUT2D eigenvalue weighted by Gasteiger charge is -2.45. The molecule has 0 fully saturated rings. The van der Waals surface area contributed by atoms with Crippen molar-refractivity contribution in [1.29, 1.82) is 0 Å². The van der Waals surface area contributed by atoms with Crippen molar-refractivity contribution in [2.45, 2.75) is 59.6 Å². The quantitative estimate of drug-likeness (QED) is 0.343. The molecule has 0 aliphatic rings. The summed E-state index contributed by atoms with van der Waals surface area (Å²) in [5.74, 6) is 0. The van der Waals surface area contributed by atoms with Crippen molar-refractivity contribution in [3.8, 4) is 0 Å². The second kappa shape index (κ2) is 6.49. The van der Waals surface area contributed by atoms with E-state index in [1.807, 2.05) is 0 Å². The van der Waals surface area contributed by atoms with E-state index in [4.69, 9.17) is 4.74 Å². The number of ether oxygens (including phenoxy) is 1. The molecule has 0 saturated heterocycles. The molecule has 0 amide bonds. The van der Waals surface area contributed by atoms with Crippen LogP contribution in [0, 0.1) is 0 Å². The fourth-order valence-electron chi connectivity index (χ4n) is 1.81. The molecule has 15 heavy (non-hydrogen) atoms. The van der Waals surface area contributed by atoms with Crippen LogP contribution < -0.4 is 0 Å². The van der Waals surface area contributed by atoms with Gasteiger partial charge < -0.3 is 4.74 Å². The van der Waals surface area contributed by atoms with E-state index in [0.29, 0.717) is 0 Å². The Morgan fingerprint density at radius 1 is 1.00 bits per heavy atom. The number of unbranched alkanes of at least 4 members (excludes halogenated alkanes) is 2. The average molecular weight is 216 g/mol. The van der Waals surface area contributed by atoms with Crippen LogP contribution in [-0.4, -0.2) is 37.0 Å². The largest absolute Gasteiger partial charge is 0.327 e. The molecule has 0 aromatic rings. The van der Waals surface area contributed by atoms with Gasteiger partial charge in [0.15, 0.2) is 5.72 Å². The van der Waals surface area contributed by atoms with Gasteiger partial charge in [0, 0.05) is 13.8 Å². The second-order valence-electron chi connectivity index (χ2n) is 5.03. The minimum Gasteiger partial charge on any atom is -0.327 e. The Morgan fingerprint density at radius 3 is 1.93 bits per heavy atom. The van der Waals surface area contributed by atoms with Crippen LogP contribution in [0.25, 0.3) is 0 Å². The molecular formula is C13H30NO+. The number of quaternary nitrogens is 1. The molecule has 0 spiro atoms. The van der Waals surface area contributed by atoms with E-state index in [-0.39, 0.29) is 5.72 Å². The molecule has 0 atom stereocenters. The lowest BCUT2D eigenvalue weighted by molar-refractivity contribution is -0.977. The zero-order valence-corrected chi connectivity index (χ0v) is 11.6. The van der Waals surface area contributed by atoms with E-state index in [1.54, 1.807) is 0 Å². The summed E-state index contributed by atoms with van der Waals surface area (Å²) >= 11 is 0. The third-order valence-corrected chi connectivity index (χ3v) is 3.90. The second-order valence-corrected chi connectivity index (χ2v) is 5.03. The van der Waals surface area contributed by atoms with Crippen LogP contribution in [-0.2, 0) is 4.74 Å². The average Bonchev–Trinajstić information content (AvgIpc) is 2.23. The highest BCUT2D eigenvalue weighted by Crippen LogP contribution is 2.23. The van der Waals surface area contributed by atoms with Gasteiger partial charge in [-0.2, -0.15) is 0 Å².